The minimum Gasteiger partial charge on any atom is -0.393 e. The van der Waals surface area contributed by atoms with E-state index in [1.165, 1.54) is 6.07 Å². The first-order chi connectivity index (χ1) is 17.9. The van der Waals surface area contributed by atoms with Gasteiger partial charge in [-0.25, -0.2) is 4.39 Å². The molecule has 6 nitrogen and oxygen atoms in total. The van der Waals surface area contributed by atoms with E-state index in [2.05, 4.69) is 36.7 Å². The van der Waals surface area contributed by atoms with Crippen LogP contribution in [0.4, 0.5) is 10.1 Å². The lowest BCUT2D eigenvalue weighted by molar-refractivity contribution is -0.124. The molecule has 1 unspecified atom stereocenters. The summed E-state index contributed by atoms with van der Waals surface area (Å²) in [5.74, 6) is -2.09. The molecule has 2 aromatic carbocycles. The van der Waals surface area contributed by atoms with Gasteiger partial charge in [-0.3, -0.25) is 9.59 Å². The number of anilines is 1. The number of benzene rings is 2. The Kier molecular flexibility index (Phi) is 7.27. The third kappa shape index (κ3) is 4.72. The van der Waals surface area contributed by atoms with E-state index in [1.807, 2.05) is 6.07 Å². The van der Waals surface area contributed by atoms with Crippen LogP contribution >= 0.6 is 23.2 Å². The molecule has 2 aromatic rings. The van der Waals surface area contributed by atoms with Gasteiger partial charge in [-0.15, -0.1) is 0 Å². The van der Waals surface area contributed by atoms with Crippen LogP contribution in [-0.4, -0.2) is 41.2 Å². The van der Waals surface area contributed by atoms with Gasteiger partial charge in [-0.1, -0.05) is 62.2 Å². The minimum absolute atomic E-state index is 0.0629. The van der Waals surface area contributed by atoms with Gasteiger partial charge in [0, 0.05) is 28.7 Å². The number of nitrogens with one attached hydrogen (secondary N) is 3. The number of halogens is 3. The van der Waals surface area contributed by atoms with Crippen molar-refractivity contribution in [3.63, 3.8) is 0 Å². The van der Waals surface area contributed by atoms with E-state index in [1.54, 1.807) is 24.3 Å². The zero-order chi connectivity index (χ0) is 27.4. The number of aliphatic hydroxyl groups excluding tert-OH is 1. The lowest BCUT2D eigenvalue weighted by Gasteiger charge is -2.38. The second-order valence-corrected chi connectivity index (χ2v) is 13.0. The number of aliphatic hydroxyl groups is 1. The lowest BCUT2D eigenvalue weighted by atomic mass is 9.62. The van der Waals surface area contributed by atoms with E-state index < -0.39 is 29.2 Å². The van der Waals surface area contributed by atoms with Gasteiger partial charge in [0.2, 0.25) is 11.8 Å². The second-order valence-electron chi connectivity index (χ2n) is 12.1. The molecule has 2 amide bonds. The highest BCUT2D eigenvalue weighted by Gasteiger charge is 2.66. The Balaban J connectivity index is 1.67. The lowest BCUT2D eigenvalue weighted by Crippen LogP contribution is -2.50. The fourth-order valence-electron chi connectivity index (χ4n) is 6.66. The molecule has 1 spiro atoms. The normalized spacial score (nSPS) is 30.8. The summed E-state index contributed by atoms with van der Waals surface area (Å²) >= 11 is 12.5. The van der Waals surface area contributed by atoms with Crippen LogP contribution in [0.5, 0.6) is 0 Å². The maximum atomic E-state index is 15.8. The summed E-state index contributed by atoms with van der Waals surface area (Å²) in [6, 6.07) is 8.50. The van der Waals surface area contributed by atoms with Crippen molar-refractivity contribution in [1.29, 1.82) is 0 Å². The van der Waals surface area contributed by atoms with Crippen molar-refractivity contribution in [2.45, 2.75) is 88.4 Å². The molecule has 9 heteroatoms. The quantitative estimate of drug-likeness (QED) is 0.407. The van der Waals surface area contributed by atoms with Crippen LogP contribution in [0.1, 0.15) is 69.9 Å². The monoisotopic (exact) mass is 561 g/mol. The van der Waals surface area contributed by atoms with Crippen LogP contribution in [0.2, 0.25) is 10.0 Å². The van der Waals surface area contributed by atoms with Crippen LogP contribution in [0.15, 0.2) is 36.4 Å². The fraction of sp³-hybridized carbons (Fsp3) is 0.517. The minimum atomic E-state index is -1.27. The van der Waals surface area contributed by atoms with Crippen molar-refractivity contribution in [3.8, 4) is 0 Å². The van der Waals surface area contributed by atoms with Gasteiger partial charge in [-0.05, 0) is 66.8 Å². The summed E-state index contributed by atoms with van der Waals surface area (Å²) < 4.78 is 15.8. The average Bonchev–Trinajstić information content (AvgIpc) is 3.31. The van der Waals surface area contributed by atoms with Crippen molar-refractivity contribution < 1.29 is 19.1 Å². The Labute approximate surface area is 232 Å². The van der Waals surface area contributed by atoms with E-state index in [0.717, 1.165) is 0 Å². The van der Waals surface area contributed by atoms with Crippen molar-refractivity contribution in [3.05, 3.63) is 63.4 Å². The maximum Gasteiger partial charge on any atom is 0.238 e. The molecule has 5 rings (SSSR count). The molecule has 1 saturated carbocycles. The van der Waals surface area contributed by atoms with E-state index in [4.69, 9.17) is 23.2 Å². The molecule has 1 aliphatic carbocycles. The number of rotatable bonds is 4. The van der Waals surface area contributed by atoms with Crippen LogP contribution in [-0.2, 0) is 15.0 Å². The van der Waals surface area contributed by atoms with Crippen LogP contribution < -0.4 is 16.0 Å². The molecule has 0 radical (unpaired) electrons. The Morgan fingerprint density at radius 2 is 1.87 bits per heavy atom. The molecule has 2 aliphatic heterocycles. The summed E-state index contributed by atoms with van der Waals surface area (Å²) in [4.78, 5) is 28.1. The topological polar surface area (TPSA) is 90.5 Å². The van der Waals surface area contributed by atoms with Crippen LogP contribution in [0.3, 0.4) is 0 Å². The van der Waals surface area contributed by atoms with E-state index in [-0.39, 0.29) is 40.0 Å². The molecule has 204 valence electrons. The predicted molar refractivity (Wildman–Crippen MR) is 147 cm³/mol. The number of hydrogen-bond acceptors (Lipinski definition) is 4. The molecule has 2 fully saturated rings. The largest absolute Gasteiger partial charge is 0.393 e. The summed E-state index contributed by atoms with van der Waals surface area (Å²) in [6.45, 7) is 6.23. The van der Waals surface area contributed by atoms with Gasteiger partial charge >= 0.3 is 0 Å². The SMILES string of the molecule is CC(C)(C)C[C@H]1N[C@@H](C(=O)NC2CCC(O)CC2)[C@H](c2cccc(Cl)c2F)C12C(=O)Nc1cc(Cl)ccc12. The van der Waals surface area contributed by atoms with Gasteiger partial charge in [0.1, 0.15) is 11.2 Å². The number of carbonyl (C=O) groups is 2. The molecule has 4 N–H and O–H groups in total. The molecule has 1 saturated heterocycles. The molecule has 4 atom stereocenters. The van der Waals surface area contributed by atoms with Crippen molar-refractivity contribution in [1.82, 2.24) is 10.6 Å². The number of hydrogen-bond donors (Lipinski definition) is 4. The van der Waals surface area contributed by atoms with Gasteiger partial charge in [0.25, 0.3) is 0 Å². The van der Waals surface area contributed by atoms with Gasteiger partial charge in [0.15, 0.2) is 0 Å². The van der Waals surface area contributed by atoms with Gasteiger partial charge in [0.05, 0.1) is 17.2 Å². The third-order valence-electron chi connectivity index (χ3n) is 8.26. The molecular weight excluding hydrogens is 528 g/mol. The number of fused-ring (bicyclic) bond motifs is 2. The van der Waals surface area contributed by atoms with Crippen molar-refractivity contribution in [2.24, 2.45) is 5.41 Å². The van der Waals surface area contributed by atoms with Gasteiger partial charge < -0.3 is 21.1 Å². The first-order valence-corrected chi connectivity index (χ1v) is 14.0. The van der Waals surface area contributed by atoms with Crippen molar-refractivity contribution >= 4 is 40.7 Å². The van der Waals surface area contributed by atoms with E-state index in [0.29, 0.717) is 48.4 Å². The Bertz CT molecular complexity index is 1260. The highest BCUT2D eigenvalue weighted by Crippen LogP contribution is 2.57. The number of amides is 2. The number of carbonyl (C=O) groups excluding carboxylic acids is 2. The molecule has 3 aliphatic rings. The highest BCUT2D eigenvalue weighted by atomic mass is 35.5. The zero-order valence-electron chi connectivity index (χ0n) is 21.8. The summed E-state index contributed by atoms with van der Waals surface area (Å²) in [5.41, 5.74) is -0.00278. The first-order valence-electron chi connectivity index (χ1n) is 13.2. The molecule has 0 aromatic heterocycles. The summed E-state index contributed by atoms with van der Waals surface area (Å²) in [5, 5.41) is 19.9. The Morgan fingerprint density at radius 1 is 1.16 bits per heavy atom. The third-order valence-corrected chi connectivity index (χ3v) is 8.79. The van der Waals surface area contributed by atoms with Crippen LogP contribution in [0.25, 0.3) is 0 Å². The first kappa shape index (κ1) is 27.4. The Morgan fingerprint density at radius 3 is 2.55 bits per heavy atom. The standard InChI is InChI=1S/C29H34Cl2FN3O3/c1-28(2,3)14-22-29(19-12-7-15(30)13-21(19)34-27(29)38)23(18-5-4-6-20(31)24(18)32)25(35-22)26(37)33-16-8-10-17(36)11-9-16/h4-7,12-13,16-17,22-23,25,35-36H,8-11,14H2,1-3H3,(H,33,37)(H,34,38)/t16?,17?,22-,23+,25-,29?/m1/s1. The molecule has 0 bridgehead atoms. The molecule has 38 heavy (non-hydrogen) atoms. The van der Waals surface area contributed by atoms with E-state index >= 15 is 4.39 Å². The smallest absolute Gasteiger partial charge is 0.238 e. The van der Waals surface area contributed by atoms with Crippen molar-refractivity contribution in [2.75, 3.05) is 5.32 Å². The summed E-state index contributed by atoms with van der Waals surface area (Å²) in [6.07, 6.45) is 2.75. The fourth-order valence-corrected chi connectivity index (χ4v) is 7.02. The predicted octanol–water partition coefficient (Wildman–Crippen LogP) is 5.30. The van der Waals surface area contributed by atoms with E-state index in [9.17, 15) is 14.7 Å². The maximum absolute atomic E-state index is 15.8. The highest BCUT2D eigenvalue weighted by molar-refractivity contribution is 6.31. The average molecular weight is 563 g/mol. The zero-order valence-corrected chi connectivity index (χ0v) is 23.3. The summed E-state index contributed by atoms with van der Waals surface area (Å²) in [7, 11) is 0. The van der Waals surface area contributed by atoms with Gasteiger partial charge in [-0.2, -0.15) is 0 Å². The Hall–Kier alpha value is -2.19. The molecule has 2 heterocycles. The molecular formula is C29H34Cl2FN3O3. The van der Waals surface area contributed by atoms with Crippen LogP contribution in [0, 0.1) is 11.2 Å². The second kappa shape index (κ2) is 10.1.